The topological polar surface area (TPSA) is 169 Å². The van der Waals surface area contributed by atoms with Crippen molar-refractivity contribution in [2.45, 2.75) is 44.8 Å². The molecule has 2 heterocycles. The zero-order valence-electron chi connectivity index (χ0n) is 22.2. The van der Waals surface area contributed by atoms with Gasteiger partial charge in [-0.15, -0.1) is 0 Å². The van der Waals surface area contributed by atoms with E-state index in [-0.39, 0.29) is 50.5 Å². The first kappa shape index (κ1) is 25.2. The summed E-state index contributed by atoms with van der Waals surface area (Å²) in [6.45, 7) is 3.48. The highest BCUT2D eigenvalue weighted by Crippen LogP contribution is 2.61. The van der Waals surface area contributed by atoms with Crippen LogP contribution in [0.4, 0.5) is 0 Å². The molecule has 41 heavy (non-hydrogen) atoms. The highest BCUT2D eigenvalue weighted by molar-refractivity contribution is 6.19. The second-order valence-corrected chi connectivity index (χ2v) is 11.0. The number of aliphatic hydroxyl groups excluding tert-OH is 1. The summed E-state index contributed by atoms with van der Waals surface area (Å²) in [4.78, 5) is 67.7. The maximum atomic E-state index is 14.6. The third-order valence-electron chi connectivity index (χ3n) is 8.84. The molecule has 0 amide bonds. The molecule has 1 aromatic heterocycles. The summed E-state index contributed by atoms with van der Waals surface area (Å²) < 4.78 is 12.6. The highest BCUT2D eigenvalue weighted by atomic mass is 16.6. The Balaban J connectivity index is 1.78. The van der Waals surface area contributed by atoms with Crippen molar-refractivity contribution in [2.24, 2.45) is 0 Å². The van der Waals surface area contributed by atoms with E-state index in [1.807, 2.05) is 0 Å². The van der Waals surface area contributed by atoms with Crippen LogP contribution in [-0.4, -0.2) is 56.9 Å². The summed E-state index contributed by atoms with van der Waals surface area (Å²) >= 11 is 0. The molecule has 0 radical (unpaired) electrons. The standard InChI is InChI=1S/C30H23NO10/c1-10-6-14(34)19-18-13(8-31(4-5-32)28(19)38)25(36)24-21(16(10)18)22-26(37)17-11(2)7-15(35)20-23(17)30(24,9-40-29(20)39)27(22)41-12(3)33/h6-8,22,27,32,35,38H,4-5,9H2,1-3H3. The van der Waals surface area contributed by atoms with Crippen LogP contribution in [0.25, 0.3) is 21.5 Å². The molecule has 11 heteroatoms. The van der Waals surface area contributed by atoms with Gasteiger partial charge >= 0.3 is 11.9 Å². The van der Waals surface area contributed by atoms with Gasteiger partial charge in [0.05, 0.1) is 23.3 Å². The average Bonchev–Trinajstić information content (AvgIpc) is 3.10. The predicted octanol–water partition coefficient (Wildman–Crippen LogP) is 1.65. The molecule has 3 aliphatic rings. The van der Waals surface area contributed by atoms with Gasteiger partial charge in [-0.05, 0) is 53.6 Å². The van der Waals surface area contributed by atoms with Crippen LogP contribution in [0, 0.1) is 13.8 Å². The minimum atomic E-state index is -1.63. The molecule has 3 aromatic carbocycles. The first-order valence-corrected chi connectivity index (χ1v) is 13.0. The molecule has 2 bridgehead atoms. The zero-order valence-corrected chi connectivity index (χ0v) is 22.2. The molecule has 3 unspecified atom stereocenters. The van der Waals surface area contributed by atoms with Gasteiger partial charge in [0.25, 0.3) is 0 Å². The Labute approximate surface area is 230 Å². The van der Waals surface area contributed by atoms with Crippen molar-refractivity contribution in [3.8, 4) is 11.6 Å². The fraction of sp³-hybridized carbons (Fsp3) is 0.300. The number of ether oxygens (including phenoxy) is 2. The van der Waals surface area contributed by atoms with E-state index in [1.54, 1.807) is 13.8 Å². The smallest absolute Gasteiger partial charge is 0.342 e. The van der Waals surface area contributed by atoms with Crippen LogP contribution >= 0.6 is 0 Å². The van der Waals surface area contributed by atoms with Crippen molar-refractivity contribution >= 4 is 39.3 Å². The lowest BCUT2D eigenvalue weighted by Crippen LogP contribution is -2.55. The van der Waals surface area contributed by atoms with Crippen molar-refractivity contribution in [1.82, 2.24) is 4.57 Å². The van der Waals surface area contributed by atoms with Gasteiger partial charge in [0.15, 0.2) is 16.6 Å². The Kier molecular flexibility index (Phi) is 4.87. The molecule has 0 saturated heterocycles. The van der Waals surface area contributed by atoms with Gasteiger partial charge in [0.1, 0.15) is 24.0 Å². The number of cyclic esters (lactones) is 1. The number of carbonyl (C=O) groups excluding carboxylic acids is 3. The largest absolute Gasteiger partial charge is 0.507 e. The van der Waals surface area contributed by atoms with Crippen LogP contribution in [0.5, 0.6) is 11.6 Å². The van der Waals surface area contributed by atoms with Crippen molar-refractivity contribution in [3.63, 3.8) is 0 Å². The molecule has 0 fully saturated rings. The number of Topliss-reactive ketones (excluding diaryl/α,β-unsaturated/α-hetero) is 1. The Hall–Kier alpha value is -4.77. The molecule has 4 aromatic rings. The van der Waals surface area contributed by atoms with E-state index < -0.39 is 70.9 Å². The number of rotatable bonds is 3. The first-order chi connectivity index (χ1) is 19.4. The minimum absolute atomic E-state index is 0.0358. The number of aromatic nitrogens is 1. The van der Waals surface area contributed by atoms with Gasteiger partial charge in [-0.2, -0.15) is 0 Å². The summed E-state index contributed by atoms with van der Waals surface area (Å²) in [5.41, 5.74) is -1.75. The van der Waals surface area contributed by atoms with Gasteiger partial charge < -0.3 is 29.4 Å². The van der Waals surface area contributed by atoms with E-state index in [9.17, 15) is 39.3 Å². The van der Waals surface area contributed by atoms with Crippen LogP contribution < -0.4 is 10.9 Å². The average molecular weight is 558 g/mol. The predicted molar refractivity (Wildman–Crippen MR) is 143 cm³/mol. The lowest BCUT2D eigenvalue weighted by Gasteiger charge is -2.44. The molecule has 1 spiro atoms. The number of ketones is 1. The normalized spacial score (nSPS) is 22.1. The quantitative estimate of drug-likeness (QED) is 0.315. The third-order valence-corrected chi connectivity index (χ3v) is 8.84. The van der Waals surface area contributed by atoms with Crippen molar-refractivity contribution in [3.05, 3.63) is 77.7 Å². The molecule has 11 nitrogen and oxygen atoms in total. The number of hydrogen-bond donors (Lipinski definition) is 3. The van der Waals surface area contributed by atoms with Crippen LogP contribution in [0.1, 0.15) is 61.4 Å². The van der Waals surface area contributed by atoms with Crippen LogP contribution in [0.15, 0.2) is 27.9 Å². The summed E-state index contributed by atoms with van der Waals surface area (Å²) in [6.07, 6.45) is 0.0461. The number of nitrogens with zero attached hydrogens (tertiary/aromatic N) is 1. The van der Waals surface area contributed by atoms with Crippen molar-refractivity contribution in [2.75, 3.05) is 13.2 Å². The van der Waals surface area contributed by atoms with Crippen molar-refractivity contribution in [1.29, 1.82) is 0 Å². The molecule has 7 rings (SSSR count). The van der Waals surface area contributed by atoms with Crippen LogP contribution in [0.2, 0.25) is 0 Å². The summed E-state index contributed by atoms with van der Waals surface area (Å²) in [6, 6.07) is 2.59. The zero-order chi connectivity index (χ0) is 29.3. The highest BCUT2D eigenvalue weighted by Gasteiger charge is 2.67. The maximum absolute atomic E-state index is 14.6. The molecule has 2 aliphatic carbocycles. The number of fused-ring (bicyclic) bond motifs is 4. The number of benzene rings is 3. The summed E-state index contributed by atoms with van der Waals surface area (Å²) in [5, 5.41) is 31.9. The van der Waals surface area contributed by atoms with Gasteiger partial charge in [0.2, 0.25) is 5.88 Å². The lowest BCUT2D eigenvalue weighted by atomic mass is 9.63. The van der Waals surface area contributed by atoms with E-state index >= 15 is 0 Å². The van der Waals surface area contributed by atoms with E-state index in [0.29, 0.717) is 16.5 Å². The number of aromatic hydroxyl groups is 2. The third kappa shape index (κ3) is 2.78. The number of aliphatic hydroxyl groups is 1. The Morgan fingerprint density at radius 1 is 1.05 bits per heavy atom. The monoisotopic (exact) mass is 557 g/mol. The molecule has 3 atom stereocenters. The SMILES string of the molecule is CC(=O)OC1C2C(=O)c3c(C)cc(O)c4c3C1(COC4=O)c1c2c2c(C)cc(=O)c3c(O)n(CCO)cc(c1=O)c23. The molecule has 3 N–H and O–H groups in total. The molecular weight excluding hydrogens is 534 g/mol. The number of hydrogen-bond acceptors (Lipinski definition) is 10. The molecule has 0 saturated carbocycles. The number of phenolic OH excluding ortho intramolecular Hbond substituents is 1. The van der Waals surface area contributed by atoms with Crippen LogP contribution in [0.3, 0.4) is 0 Å². The lowest BCUT2D eigenvalue weighted by molar-refractivity contribution is -0.150. The Bertz CT molecular complexity index is 2060. The second kappa shape index (κ2) is 7.91. The second-order valence-electron chi connectivity index (χ2n) is 11.0. The number of pyridine rings is 1. The Morgan fingerprint density at radius 2 is 1.78 bits per heavy atom. The fourth-order valence-electron chi connectivity index (χ4n) is 7.50. The van der Waals surface area contributed by atoms with E-state index in [2.05, 4.69) is 0 Å². The number of phenols is 1. The number of carbonyl (C=O) groups is 3. The molecule has 1 aliphatic heterocycles. The van der Waals surface area contributed by atoms with Gasteiger partial charge in [0, 0.05) is 41.6 Å². The van der Waals surface area contributed by atoms with Gasteiger partial charge in [-0.3, -0.25) is 19.2 Å². The number of aryl methyl sites for hydroxylation is 2. The molecule has 208 valence electrons. The van der Waals surface area contributed by atoms with Gasteiger partial charge in [-0.1, -0.05) is 0 Å². The first-order valence-electron chi connectivity index (χ1n) is 13.0. The van der Waals surface area contributed by atoms with Crippen molar-refractivity contribution < 1.29 is 39.2 Å². The fourth-order valence-corrected chi connectivity index (χ4v) is 7.50. The summed E-state index contributed by atoms with van der Waals surface area (Å²) in [5.74, 6) is -4.19. The number of esters is 2. The van der Waals surface area contributed by atoms with Crippen LogP contribution in [-0.2, 0) is 26.2 Å². The van der Waals surface area contributed by atoms with E-state index in [4.69, 9.17) is 9.47 Å². The Morgan fingerprint density at radius 3 is 2.46 bits per heavy atom. The minimum Gasteiger partial charge on any atom is -0.507 e. The maximum Gasteiger partial charge on any atom is 0.342 e. The summed E-state index contributed by atoms with van der Waals surface area (Å²) in [7, 11) is 0. The van der Waals surface area contributed by atoms with E-state index in [0.717, 1.165) is 0 Å². The van der Waals surface area contributed by atoms with Gasteiger partial charge in [-0.25, -0.2) is 4.79 Å². The van der Waals surface area contributed by atoms with E-state index in [1.165, 1.54) is 29.8 Å². The molecular formula is C30H23NO10.